The highest BCUT2D eigenvalue weighted by Gasteiger charge is 2.46. The van der Waals surface area contributed by atoms with Gasteiger partial charge in [-0.1, -0.05) is 74.7 Å². The summed E-state index contributed by atoms with van der Waals surface area (Å²) in [6.45, 7) is 48.2. The Balaban J connectivity index is 1.39. The molecule has 4 N–H and O–H groups in total. The maximum Gasteiger partial charge on any atom is 0.253 e. The number of nitrogens with one attached hydrogen (secondary N) is 4. The van der Waals surface area contributed by atoms with Crippen LogP contribution in [-0.2, 0) is 19.2 Å². The summed E-state index contributed by atoms with van der Waals surface area (Å²) >= 11 is 0. The van der Waals surface area contributed by atoms with Crippen LogP contribution in [0.25, 0.3) is 0 Å². The number of benzene rings is 1. The molecular formula is C61H102N8O4. The first-order chi connectivity index (χ1) is 33.5. The number of hydrogen-bond donors (Lipinski definition) is 4. The first kappa shape index (κ1) is 60.8. The van der Waals surface area contributed by atoms with Crippen molar-refractivity contribution >= 4 is 35.0 Å². The van der Waals surface area contributed by atoms with E-state index in [1.54, 1.807) is 0 Å². The lowest BCUT2D eigenvalue weighted by atomic mass is 9.64. The number of hydrogen-bond acceptors (Lipinski definition) is 8. The molecule has 410 valence electrons. The lowest BCUT2D eigenvalue weighted by molar-refractivity contribution is -0.120. The fourth-order valence-corrected chi connectivity index (χ4v) is 10.3. The van der Waals surface area contributed by atoms with Gasteiger partial charge >= 0.3 is 0 Å². The van der Waals surface area contributed by atoms with Gasteiger partial charge < -0.3 is 40.9 Å². The van der Waals surface area contributed by atoms with E-state index in [9.17, 15) is 19.2 Å². The third-order valence-corrected chi connectivity index (χ3v) is 16.0. The summed E-state index contributed by atoms with van der Waals surface area (Å²) in [7, 11) is 0. The minimum absolute atomic E-state index is 0.00957. The van der Waals surface area contributed by atoms with E-state index in [1.165, 1.54) is 0 Å². The predicted molar refractivity (Wildman–Crippen MR) is 304 cm³/mol. The number of carbonyl (C=O) groups excluding carboxylic acids is 4. The molecule has 0 spiro atoms. The number of amides is 4. The second-order valence-corrected chi connectivity index (χ2v) is 27.2. The summed E-state index contributed by atoms with van der Waals surface area (Å²) < 4.78 is 0. The Hall–Kier alpha value is -4.74. The fraction of sp³-hybridized carbons (Fsp3) is 0.705. The highest BCUT2D eigenvalue weighted by atomic mass is 16.2. The Morgan fingerprint density at radius 2 is 1.04 bits per heavy atom. The van der Waals surface area contributed by atoms with Gasteiger partial charge in [-0.3, -0.25) is 19.2 Å². The van der Waals surface area contributed by atoms with Gasteiger partial charge in [-0.2, -0.15) is 0 Å². The van der Waals surface area contributed by atoms with Gasteiger partial charge in [0.15, 0.2) is 0 Å². The average molecular weight is 1010 g/mol. The lowest BCUT2D eigenvalue weighted by Gasteiger charge is -2.52. The van der Waals surface area contributed by atoms with E-state index in [2.05, 4.69) is 191 Å². The normalized spacial score (nSPS) is 19.8. The molecule has 0 aliphatic carbocycles. The third kappa shape index (κ3) is 16.4. The van der Waals surface area contributed by atoms with Crippen LogP contribution in [-0.4, -0.2) is 105 Å². The first-order valence-corrected chi connectivity index (χ1v) is 27.8. The number of nitrogens with zero attached hydrogens (tertiary/aromatic N) is 4. The van der Waals surface area contributed by atoms with Crippen LogP contribution in [0.5, 0.6) is 0 Å². The standard InChI is InChI=1S/C61H102N8O4/c1-21-43(37-68(57(9,10)11)38-44(22-2)51(70)64-45-27-29-46(30-28-45)65-54(73)49-41-67(56(6,7)8)36-32-60(49,17)18)47-39-69(58(12,13)14)42-50(61(47,19)20)53(72)63-34-26-24-23-25-33-62-52(71)48-40-66(55(3,4)5)35-31-59(48,15)16/h27-30,38,40-43,47H,21-26,31-37,39H2,1-20H3,(H,62,71)(H,63,72)(H,64,70)(H,65,73)/b44-38+. The summed E-state index contributed by atoms with van der Waals surface area (Å²) in [5.41, 5.74) is 3.02. The lowest BCUT2D eigenvalue weighted by Crippen LogP contribution is -2.54. The maximum atomic E-state index is 14.3. The first-order valence-electron chi connectivity index (χ1n) is 27.8. The van der Waals surface area contributed by atoms with Crippen LogP contribution in [0.3, 0.4) is 0 Å². The monoisotopic (exact) mass is 1010 g/mol. The quantitative estimate of drug-likeness (QED) is 0.0797. The molecule has 0 saturated heterocycles. The van der Waals surface area contributed by atoms with Crippen LogP contribution < -0.4 is 21.3 Å². The van der Waals surface area contributed by atoms with Gasteiger partial charge in [0, 0.05) is 125 Å². The van der Waals surface area contributed by atoms with Crippen molar-refractivity contribution in [3.05, 3.63) is 71.4 Å². The van der Waals surface area contributed by atoms with E-state index in [0.29, 0.717) is 36.5 Å². The highest BCUT2D eigenvalue weighted by Crippen LogP contribution is 2.46. The zero-order valence-corrected chi connectivity index (χ0v) is 49.6. The molecule has 2 unspecified atom stereocenters. The average Bonchev–Trinajstić information content (AvgIpc) is 3.25. The minimum atomic E-state index is -0.419. The molecular weight excluding hydrogens is 909 g/mol. The van der Waals surface area contributed by atoms with Gasteiger partial charge in [-0.15, -0.1) is 0 Å². The molecule has 4 amide bonds. The van der Waals surface area contributed by atoms with E-state index in [1.807, 2.05) is 37.4 Å². The number of carbonyl (C=O) groups is 4. The molecule has 1 aromatic rings. The van der Waals surface area contributed by atoms with Crippen molar-refractivity contribution in [1.82, 2.24) is 30.2 Å². The largest absolute Gasteiger partial charge is 0.372 e. The third-order valence-electron chi connectivity index (χ3n) is 16.0. The topological polar surface area (TPSA) is 129 Å². The van der Waals surface area contributed by atoms with Crippen LogP contribution in [0.15, 0.2) is 71.4 Å². The van der Waals surface area contributed by atoms with Crippen LogP contribution in [0.4, 0.5) is 11.4 Å². The molecule has 2 atom stereocenters. The molecule has 0 saturated carbocycles. The molecule has 12 nitrogen and oxygen atoms in total. The highest BCUT2D eigenvalue weighted by molar-refractivity contribution is 6.06. The SMILES string of the molecule is CC/C(=C\N(CC(CC)C1CN(C(C)(C)C)C=C(C(=O)NCCCCCCNC(=O)C2=CN(C(C)(C)C)CCC2(C)C)C1(C)C)C(C)(C)C)C(=O)Nc1ccc(NC(=O)C2=CN(C(C)(C)C)CCC2(C)C)cc1. The smallest absolute Gasteiger partial charge is 0.253 e. The Labute approximate surface area is 444 Å². The van der Waals surface area contributed by atoms with Crippen molar-refractivity contribution in [2.24, 2.45) is 28.1 Å². The van der Waals surface area contributed by atoms with Gasteiger partial charge in [-0.05, 0) is 162 Å². The second-order valence-electron chi connectivity index (χ2n) is 27.2. The van der Waals surface area contributed by atoms with E-state index < -0.39 is 5.41 Å². The summed E-state index contributed by atoms with van der Waals surface area (Å²) in [6, 6.07) is 7.36. The van der Waals surface area contributed by atoms with Crippen molar-refractivity contribution in [1.29, 1.82) is 0 Å². The Kier molecular flexibility index (Phi) is 19.9. The second kappa shape index (κ2) is 23.9. The Morgan fingerprint density at radius 3 is 1.47 bits per heavy atom. The van der Waals surface area contributed by atoms with Crippen molar-refractivity contribution < 1.29 is 19.2 Å². The molecule has 0 radical (unpaired) electrons. The molecule has 0 bridgehead atoms. The molecule has 4 rings (SSSR count). The zero-order chi connectivity index (χ0) is 55.1. The molecule has 0 aromatic heterocycles. The zero-order valence-electron chi connectivity index (χ0n) is 49.6. The molecule has 12 heteroatoms. The van der Waals surface area contributed by atoms with E-state index >= 15 is 0 Å². The Bertz CT molecular complexity index is 2200. The van der Waals surface area contributed by atoms with Crippen LogP contribution >= 0.6 is 0 Å². The van der Waals surface area contributed by atoms with Gasteiger partial charge in [-0.25, -0.2) is 0 Å². The van der Waals surface area contributed by atoms with E-state index in [-0.39, 0.29) is 68.5 Å². The van der Waals surface area contributed by atoms with Crippen molar-refractivity contribution in [2.45, 2.75) is 212 Å². The Morgan fingerprint density at radius 1 is 0.616 bits per heavy atom. The van der Waals surface area contributed by atoms with Crippen molar-refractivity contribution in [3.63, 3.8) is 0 Å². The van der Waals surface area contributed by atoms with Crippen molar-refractivity contribution in [2.75, 3.05) is 49.9 Å². The molecule has 73 heavy (non-hydrogen) atoms. The summed E-state index contributed by atoms with van der Waals surface area (Å²) in [6.07, 6.45) is 15.3. The van der Waals surface area contributed by atoms with Crippen LogP contribution in [0.2, 0.25) is 0 Å². The van der Waals surface area contributed by atoms with Gasteiger partial charge in [0.1, 0.15) is 0 Å². The number of rotatable bonds is 19. The van der Waals surface area contributed by atoms with Crippen LogP contribution in [0.1, 0.15) is 190 Å². The molecule has 3 aliphatic heterocycles. The molecule has 3 aliphatic rings. The van der Waals surface area contributed by atoms with E-state index in [0.717, 1.165) is 87.8 Å². The van der Waals surface area contributed by atoms with Crippen LogP contribution in [0, 0.1) is 28.1 Å². The van der Waals surface area contributed by atoms with E-state index in [4.69, 9.17) is 0 Å². The van der Waals surface area contributed by atoms with Gasteiger partial charge in [0.2, 0.25) is 11.8 Å². The number of unbranched alkanes of at least 4 members (excludes halogenated alkanes) is 3. The fourth-order valence-electron chi connectivity index (χ4n) is 10.3. The summed E-state index contributed by atoms with van der Waals surface area (Å²) in [4.78, 5) is 64.4. The minimum Gasteiger partial charge on any atom is -0.372 e. The maximum absolute atomic E-state index is 14.3. The summed E-state index contributed by atoms with van der Waals surface area (Å²) in [5, 5.41) is 12.7. The van der Waals surface area contributed by atoms with Gasteiger partial charge in [0.25, 0.3) is 11.8 Å². The number of anilines is 2. The molecule has 1 aromatic carbocycles. The van der Waals surface area contributed by atoms with Crippen molar-refractivity contribution in [3.8, 4) is 0 Å². The summed E-state index contributed by atoms with van der Waals surface area (Å²) in [5.74, 6) is 0.115. The molecule has 0 fully saturated rings. The predicted octanol–water partition coefficient (Wildman–Crippen LogP) is 12.2. The van der Waals surface area contributed by atoms with Gasteiger partial charge in [0.05, 0.1) is 0 Å². The molecule has 3 heterocycles.